The molecule has 0 unspecified atom stereocenters. The Hall–Kier alpha value is -4.44. The highest BCUT2D eigenvalue weighted by atomic mass is 19.1. The van der Waals surface area contributed by atoms with Crippen molar-refractivity contribution in [3.8, 4) is 29.5 Å². The number of benzene rings is 1. The number of rotatable bonds is 10. The molecule has 238 valence electrons. The SMILES string of the molecule is C=CC(=O)N1CC[C@H](Oc2cc(O[C@@H](C)[C@@H]3C[C@H](F)CN3C)nc(-c3nc(C(C)(C)c4ccccc4F)no3)n2)C[C@H]1CC#N. The summed E-state index contributed by atoms with van der Waals surface area (Å²) in [5, 5.41) is 13.5. The molecule has 2 aromatic heterocycles. The van der Waals surface area contributed by atoms with Gasteiger partial charge in [0.1, 0.15) is 24.2 Å². The van der Waals surface area contributed by atoms with Crippen molar-refractivity contribution in [3.63, 3.8) is 0 Å². The van der Waals surface area contributed by atoms with E-state index in [2.05, 4.69) is 32.8 Å². The summed E-state index contributed by atoms with van der Waals surface area (Å²) in [6, 6.07) is 9.56. The minimum absolute atomic E-state index is 0.0204. The number of hydrogen-bond donors (Lipinski definition) is 0. The zero-order valence-electron chi connectivity index (χ0n) is 25.8. The maximum Gasteiger partial charge on any atom is 0.296 e. The lowest BCUT2D eigenvalue weighted by atomic mass is 9.83. The number of likely N-dealkylation sites (N-methyl/N-ethyl adjacent to an activating group) is 1. The number of amides is 1. The Labute approximate surface area is 260 Å². The van der Waals surface area contributed by atoms with Gasteiger partial charge in [0.15, 0.2) is 5.82 Å². The smallest absolute Gasteiger partial charge is 0.296 e. The molecule has 4 heterocycles. The number of halogens is 2. The number of piperidine rings is 1. The van der Waals surface area contributed by atoms with Gasteiger partial charge < -0.3 is 18.9 Å². The van der Waals surface area contributed by atoms with E-state index in [4.69, 9.17) is 14.0 Å². The predicted molar refractivity (Wildman–Crippen MR) is 159 cm³/mol. The van der Waals surface area contributed by atoms with Gasteiger partial charge in [-0.3, -0.25) is 9.69 Å². The van der Waals surface area contributed by atoms with Gasteiger partial charge in [-0.05, 0) is 46.4 Å². The summed E-state index contributed by atoms with van der Waals surface area (Å²) in [5.41, 5.74) is -0.536. The van der Waals surface area contributed by atoms with Gasteiger partial charge in [-0.15, -0.1) is 0 Å². The Balaban J connectivity index is 1.44. The van der Waals surface area contributed by atoms with Gasteiger partial charge in [0.25, 0.3) is 5.89 Å². The summed E-state index contributed by atoms with van der Waals surface area (Å²) < 4.78 is 46.9. The number of hydrogen-bond acceptors (Lipinski definition) is 10. The maximum atomic E-state index is 14.7. The van der Waals surface area contributed by atoms with E-state index in [1.807, 2.05) is 18.9 Å². The fourth-order valence-corrected chi connectivity index (χ4v) is 6.06. The molecule has 1 amide bonds. The van der Waals surface area contributed by atoms with Gasteiger partial charge in [-0.25, -0.2) is 8.78 Å². The summed E-state index contributed by atoms with van der Waals surface area (Å²) >= 11 is 0. The van der Waals surface area contributed by atoms with Gasteiger partial charge in [0.2, 0.25) is 23.5 Å². The number of alkyl halides is 1. The highest BCUT2D eigenvalue weighted by molar-refractivity contribution is 5.87. The van der Waals surface area contributed by atoms with Crippen LogP contribution in [0, 0.1) is 17.1 Å². The second-order valence-corrected chi connectivity index (χ2v) is 12.1. The van der Waals surface area contributed by atoms with Crippen LogP contribution in [0.1, 0.15) is 57.8 Å². The molecular formula is C32H37F2N7O4. The molecule has 2 fully saturated rings. The van der Waals surface area contributed by atoms with Crippen LogP contribution < -0.4 is 9.47 Å². The molecule has 3 aromatic rings. The molecule has 0 bridgehead atoms. The van der Waals surface area contributed by atoms with Crippen LogP contribution in [0.5, 0.6) is 11.8 Å². The summed E-state index contributed by atoms with van der Waals surface area (Å²) in [5.74, 6) is -0.0502. The molecule has 0 saturated carbocycles. The van der Waals surface area contributed by atoms with Crippen molar-refractivity contribution < 1.29 is 27.6 Å². The lowest BCUT2D eigenvalue weighted by Crippen LogP contribution is -2.48. The van der Waals surface area contributed by atoms with Crippen LogP contribution in [0.4, 0.5) is 8.78 Å². The highest BCUT2D eigenvalue weighted by Crippen LogP contribution is 2.34. The van der Waals surface area contributed by atoms with E-state index in [9.17, 15) is 18.8 Å². The van der Waals surface area contributed by atoms with Crippen molar-refractivity contribution in [1.82, 2.24) is 29.9 Å². The van der Waals surface area contributed by atoms with Crippen molar-refractivity contribution in [1.29, 1.82) is 5.26 Å². The fourth-order valence-electron chi connectivity index (χ4n) is 6.06. The standard InChI is InChI=1S/C32H37F2N7O4/c1-6-28(42)41-14-12-22(16-21(41)11-13-35)44-27-17-26(43-19(2)25-15-20(33)18-40(25)5)36-29(37-27)30-38-31(39-45-30)32(3,4)23-9-7-8-10-24(23)34/h6-10,17,19-22,25H,1,11-12,14-16,18H2,2-5H3/t19-,20-,21+,22-,25-/m0/s1. The third-order valence-corrected chi connectivity index (χ3v) is 8.54. The van der Waals surface area contributed by atoms with Crippen LogP contribution in [0.15, 0.2) is 47.5 Å². The average molecular weight is 622 g/mol. The van der Waals surface area contributed by atoms with Crippen LogP contribution in [0.3, 0.4) is 0 Å². The Morgan fingerprint density at radius 3 is 2.71 bits per heavy atom. The molecule has 0 radical (unpaired) electrons. The molecule has 2 saturated heterocycles. The molecule has 45 heavy (non-hydrogen) atoms. The zero-order chi connectivity index (χ0) is 32.3. The van der Waals surface area contributed by atoms with E-state index in [-0.39, 0.29) is 59.8 Å². The highest BCUT2D eigenvalue weighted by Gasteiger charge is 2.36. The van der Waals surface area contributed by atoms with E-state index in [0.29, 0.717) is 37.9 Å². The minimum atomic E-state index is -0.944. The molecule has 0 aliphatic carbocycles. The van der Waals surface area contributed by atoms with Gasteiger partial charge in [-0.2, -0.15) is 20.2 Å². The lowest BCUT2D eigenvalue weighted by Gasteiger charge is -2.37. The predicted octanol–water partition coefficient (Wildman–Crippen LogP) is 4.64. The lowest BCUT2D eigenvalue weighted by molar-refractivity contribution is -0.130. The molecule has 5 rings (SSSR count). The molecule has 0 spiro atoms. The average Bonchev–Trinajstić information content (AvgIpc) is 3.64. The number of carbonyl (C=O) groups is 1. The quantitative estimate of drug-likeness (QED) is 0.295. The molecule has 2 aliphatic rings. The Kier molecular flexibility index (Phi) is 9.43. The molecule has 11 nitrogen and oxygen atoms in total. The summed E-state index contributed by atoms with van der Waals surface area (Å²) in [4.78, 5) is 29.5. The summed E-state index contributed by atoms with van der Waals surface area (Å²) in [6.45, 7) is 9.69. The van der Waals surface area contributed by atoms with Crippen molar-refractivity contribution >= 4 is 5.91 Å². The van der Waals surface area contributed by atoms with Crippen LogP contribution in [0.25, 0.3) is 11.7 Å². The molecule has 2 aliphatic heterocycles. The number of nitrogens with zero attached hydrogens (tertiary/aromatic N) is 7. The van der Waals surface area contributed by atoms with Gasteiger partial charge in [0.05, 0.1) is 24.0 Å². The second-order valence-electron chi connectivity index (χ2n) is 12.1. The fraction of sp³-hybridized carbons (Fsp3) is 0.500. The Bertz CT molecular complexity index is 1570. The maximum absolute atomic E-state index is 14.7. The first kappa shape index (κ1) is 32.0. The second kappa shape index (κ2) is 13.3. The third-order valence-electron chi connectivity index (χ3n) is 8.54. The first-order chi connectivity index (χ1) is 21.5. The minimum Gasteiger partial charge on any atom is -0.474 e. The number of carbonyl (C=O) groups excluding carboxylic acids is 1. The number of nitriles is 1. The Morgan fingerprint density at radius 1 is 1.27 bits per heavy atom. The van der Waals surface area contributed by atoms with Crippen LogP contribution in [-0.2, 0) is 10.2 Å². The van der Waals surface area contributed by atoms with E-state index < -0.39 is 23.5 Å². The van der Waals surface area contributed by atoms with Gasteiger partial charge >= 0.3 is 0 Å². The molecule has 0 N–H and O–H groups in total. The van der Waals surface area contributed by atoms with E-state index in [1.165, 1.54) is 12.1 Å². The molecule has 1 aromatic carbocycles. The van der Waals surface area contributed by atoms with Crippen LogP contribution >= 0.6 is 0 Å². The number of ether oxygens (including phenoxy) is 2. The third kappa shape index (κ3) is 6.96. The first-order valence-electron chi connectivity index (χ1n) is 15.0. The zero-order valence-corrected chi connectivity index (χ0v) is 25.8. The van der Waals surface area contributed by atoms with Gasteiger partial charge in [0, 0.05) is 43.6 Å². The van der Waals surface area contributed by atoms with Crippen molar-refractivity contribution in [2.45, 2.75) is 82.3 Å². The van der Waals surface area contributed by atoms with Crippen molar-refractivity contribution in [3.05, 3.63) is 60.2 Å². The van der Waals surface area contributed by atoms with Crippen molar-refractivity contribution in [2.75, 3.05) is 20.1 Å². The largest absolute Gasteiger partial charge is 0.474 e. The van der Waals surface area contributed by atoms with E-state index >= 15 is 0 Å². The monoisotopic (exact) mass is 621 g/mol. The van der Waals surface area contributed by atoms with Crippen LogP contribution in [0.2, 0.25) is 0 Å². The van der Waals surface area contributed by atoms with E-state index in [1.54, 1.807) is 43.0 Å². The number of likely N-dealkylation sites (tertiary alicyclic amines) is 2. The van der Waals surface area contributed by atoms with E-state index in [0.717, 1.165) is 0 Å². The number of aromatic nitrogens is 4. The summed E-state index contributed by atoms with van der Waals surface area (Å²) in [7, 11) is 1.85. The molecule has 13 heteroatoms. The first-order valence-corrected chi connectivity index (χ1v) is 15.0. The van der Waals surface area contributed by atoms with Gasteiger partial charge in [-0.1, -0.05) is 29.9 Å². The molecular weight excluding hydrogens is 584 g/mol. The summed E-state index contributed by atoms with van der Waals surface area (Å²) in [6.07, 6.45) is 0.902. The topological polar surface area (TPSA) is 130 Å². The molecule has 5 atom stereocenters. The normalized spacial score (nSPS) is 22.9. The van der Waals surface area contributed by atoms with Crippen LogP contribution in [-0.4, -0.2) is 86.4 Å². The van der Waals surface area contributed by atoms with Crippen molar-refractivity contribution in [2.24, 2.45) is 0 Å². The Morgan fingerprint density at radius 2 is 2.02 bits per heavy atom.